The monoisotopic (exact) mass is 466 g/mol. The number of alkyl halides is 3. The Morgan fingerprint density at radius 3 is 2.53 bits per heavy atom. The smallest absolute Gasteiger partial charge is 0.348 e. The van der Waals surface area contributed by atoms with Crippen LogP contribution >= 0.6 is 0 Å². The molecule has 0 saturated heterocycles. The molecule has 0 atom stereocenters. The van der Waals surface area contributed by atoms with Crippen molar-refractivity contribution in [1.29, 1.82) is 0 Å². The molecule has 0 radical (unpaired) electrons. The Hall–Kier alpha value is -3.42. The quantitative estimate of drug-likeness (QED) is 0.510. The third kappa shape index (κ3) is 4.62. The Balaban J connectivity index is 1.25. The number of carbonyl (C=O) groups excluding carboxylic acids is 1. The summed E-state index contributed by atoms with van der Waals surface area (Å²) in [6.45, 7) is 0. The molecule has 2 heterocycles. The van der Waals surface area contributed by atoms with Crippen LogP contribution in [0.15, 0.2) is 60.4 Å². The average Bonchev–Trinajstić information content (AvgIpc) is 3.45. The molecule has 3 aromatic rings. The van der Waals surface area contributed by atoms with Crippen LogP contribution in [0.1, 0.15) is 71.4 Å². The van der Waals surface area contributed by atoms with Crippen LogP contribution in [0.4, 0.5) is 13.2 Å². The van der Waals surface area contributed by atoms with Crippen LogP contribution in [-0.2, 0) is 11.6 Å². The van der Waals surface area contributed by atoms with Gasteiger partial charge in [-0.05, 0) is 67.9 Å². The number of H-pyrrole nitrogens is 1. The molecule has 5 nitrogen and oxygen atoms in total. The lowest BCUT2D eigenvalue weighted by atomic mass is 9.87. The highest BCUT2D eigenvalue weighted by molar-refractivity contribution is 5.92. The zero-order chi connectivity index (χ0) is 23.8. The van der Waals surface area contributed by atoms with Crippen LogP contribution in [0.25, 0.3) is 6.08 Å². The fraction of sp³-hybridized carbons (Fsp3) is 0.346. The number of hydrogen-bond donors (Lipinski definition) is 2. The lowest BCUT2D eigenvalue weighted by Crippen LogP contribution is -2.36. The second-order valence-corrected chi connectivity index (χ2v) is 9.16. The molecule has 2 fully saturated rings. The molecule has 5 rings (SSSR count). The Morgan fingerprint density at radius 1 is 1.12 bits per heavy atom. The molecule has 0 bridgehead atoms. The molecular weight excluding hydrogens is 441 g/mol. The van der Waals surface area contributed by atoms with Gasteiger partial charge in [-0.2, -0.15) is 18.3 Å². The highest BCUT2D eigenvalue weighted by Gasteiger charge is 2.47. The maximum absolute atomic E-state index is 12.9. The van der Waals surface area contributed by atoms with E-state index in [-0.39, 0.29) is 17.4 Å². The van der Waals surface area contributed by atoms with E-state index >= 15 is 0 Å². The third-order valence-corrected chi connectivity index (χ3v) is 6.85. The summed E-state index contributed by atoms with van der Waals surface area (Å²) >= 11 is 0. The summed E-state index contributed by atoms with van der Waals surface area (Å²) in [5.74, 6) is -0.130. The Bertz CT molecular complexity index is 1190. The third-order valence-electron chi connectivity index (χ3n) is 6.85. The summed E-state index contributed by atoms with van der Waals surface area (Å²) < 4.78 is 38.7. The molecule has 0 aliphatic heterocycles. The van der Waals surface area contributed by atoms with E-state index in [0.717, 1.165) is 61.9 Å². The number of amides is 1. The van der Waals surface area contributed by atoms with Gasteiger partial charge in [-0.15, -0.1) is 0 Å². The zero-order valence-electron chi connectivity index (χ0n) is 18.5. The van der Waals surface area contributed by atoms with Gasteiger partial charge in [0.25, 0.3) is 5.91 Å². The van der Waals surface area contributed by atoms with Gasteiger partial charge < -0.3 is 5.32 Å². The summed E-state index contributed by atoms with van der Waals surface area (Å²) in [6.07, 6.45) is 5.65. The fourth-order valence-electron chi connectivity index (χ4n) is 4.75. The molecule has 2 aliphatic carbocycles. The van der Waals surface area contributed by atoms with Gasteiger partial charge in [-0.1, -0.05) is 35.9 Å². The van der Waals surface area contributed by atoms with Crippen LogP contribution in [0.2, 0.25) is 0 Å². The number of allylic oxidation sites excluding steroid dienone is 1. The van der Waals surface area contributed by atoms with Crippen molar-refractivity contribution in [1.82, 2.24) is 20.5 Å². The molecule has 0 unspecified atom stereocenters. The second kappa shape index (κ2) is 8.74. The van der Waals surface area contributed by atoms with Gasteiger partial charge in [0.15, 0.2) is 0 Å². The molecule has 34 heavy (non-hydrogen) atoms. The molecule has 0 spiro atoms. The number of pyridine rings is 1. The Morgan fingerprint density at radius 2 is 1.91 bits per heavy atom. The van der Waals surface area contributed by atoms with Crippen LogP contribution in [0, 0.1) is 0 Å². The zero-order valence-corrected chi connectivity index (χ0v) is 18.5. The van der Waals surface area contributed by atoms with Crippen LogP contribution < -0.4 is 5.32 Å². The van der Waals surface area contributed by atoms with E-state index in [1.54, 1.807) is 12.3 Å². The van der Waals surface area contributed by atoms with Crippen LogP contribution in [0.3, 0.4) is 0 Å². The number of benzene rings is 1. The van der Waals surface area contributed by atoms with Crippen molar-refractivity contribution in [2.45, 2.75) is 56.2 Å². The first-order chi connectivity index (χ1) is 16.3. The summed E-state index contributed by atoms with van der Waals surface area (Å²) in [5.41, 5.74) is 3.66. The van der Waals surface area contributed by atoms with Crippen molar-refractivity contribution < 1.29 is 18.0 Å². The van der Waals surface area contributed by atoms with Crippen LogP contribution in [-0.4, -0.2) is 27.1 Å². The van der Waals surface area contributed by atoms with Gasteiger partial charge in [0.2, 0.25) is 0 Å². The van der Waals surface area contributed by atoms with E-state index in [9.17, 15) is 18.0 Å². The first-order valence-electron chi connectivity index (χ1n) is 11.5. The van der Waals surface area contributed by atoms with Gasteiger partial charge in [0.05, 0.1) is 11.3 Å². The number of aromatic amines is 1. The maximum Gasteiger partial charge on any atom is 0.417 e. The fourth-order valence-corrected chi connectivity index (χ4v) is 4.75. The predicted octanol–water partition coefficient (Wildman–Crippen LogP) is 5.66. The number of nitrogens with zero attached hydrogens (tertiary/aromatic N) is 2. The summed E-state index contributed by atoms with van der Waals surface area (Å²) in [6, 6.07) is 12.7. The van der Waals surface area contributed by atoms with Crippen molar-refractivity contribution in [2.75, 3.05) is 0 Å². The second-order valence-electron chi connectivity index (χ2n) is 9.16. The summed E-state index contributed by atoms with van der Waals surface area (Å²) in [7, 11) is 0. The minimum absolute atomic E-state index is 0.130. The van der Waals surface area contributed by atoms with Gasteiger partial charge in [-0.3, -0.25) is 14.9 Å². The van der Waals surface area contributed by atoms with Crippen molar-refractivity contribution in [3.05, 3.63) is 88.5 Å². The van der Waals surface area contributed by atoms with Crippen molar-refractivity contribution in [2.24, 2.45) is 0 Å². The average molecular weight is 467 g/mol. The minimum Gasteiger partial charge on any atom is -0.348 e. The number of nitrogens with one attached hydrogen (secondary N) is 2. The van der Waals surface area contributed by atoms with Crippen molar-refractivity contribution in [3.63, 3.8) is 0 Å². The SMILES string of the molecule is O=C(NC1CCC(=Cc2cccc(C3(c4ccc(C(F)(F)F)cn4)CC3)c2)CC1)c1ccn[nH]1. The van der Waals surface area contributed by atoms with E-state index in [4.69, 9.17) is 0 Å². The highest BCUT2D eigenvalue weighted by atomic mass is 19.4. The number of rotatable bonds is 5. The van der Waals surface area contributed by atoms with E-state index in [2.05, 4.69) is 38.7 Å². The lowest BCUT2D eigenvalue weighted by Gasteiger charge is -2.25. The number of aromatic nitrogens is 3. The largest absolute Gasteiger partial charge is 0.417 e. The first kappa shape index (κ1) is 22.4. The van der Waals surface area contributed by atoms with Gasteiger partial charge in [-0.25, -0.2) is 0 Å². The standard InChI is InChI=1S/C26H25F3N4O/c27-26(28,29)20-6-9-23(30-16-20)25(11-12-25)19-3-1-2-18(15-19)14-17-4-7-21(8-5-17)32-24(34)22-10-13-31-33-22/h1-3,6,9-10,13-16,21H,4-5,7-8,11-12H2,(H,31,33)(H,32,34). The van der Waals surface area contributed by atoms with E-state index in [0.29, 0.717) is 11.4 Å². The van der Waals surface area contributed by atoms with E-state index < -0.39 is 11.7 Å². The van der Waals surface area contributed by atoms with Crippen molar-refractivity contribution >= 4 is 12.0 Å². The predicted molar refractivity (Wildman–Crippen MR) is 122 cm³/mol. The molecule has 1 amide bonds. The Kier molecular flexibility index (Phi) is 5.75. The van der Waals surface area contributed by atoms with Gasteiger partial charge >= 0.3 is 6.18 Å². The van der Waals surface area contributed by atoms with Crippen LogP contribution in [0.5, 0.6) is 0 Å². The molecule has 1 aromatic carbocycles. The molecule has 2 aromatic heterocycles. The van der Waals surface area contributed by atoms with E-state index in [1.807, 2.05) is 12.1 Å². The maximum atomic E-state index is 12.9. The lowest BCUT2D eigenvalue weighted by molar-refractivity contribution is -0.137. The molecule has 2 saturated carbocycles. The minimum atomic E-state index is -4.38. The van der Waals surface area contributed by atoms with E-state index in [1.165, 1.54) is 11.6 Å². The normalized spacial score (nSPS) is 19.5. The summed E-state index contributed by atoms with van der Waals surface area (Å²) in [4.78, 5) is 16.4. The number of hydrogen-bond acceptors (Lipinski definition) is 3. The first-order valence-corrected chi connectivity index (χ1v) is 11.5. The molecular formula is C26H25F3N4O. The van der Waals surface area contributed by atoms with Gasteiger partial charge in [0, 0.05) is 23.9 Å². The molecule has 176 valence electrons. The summed E-state index contributed by atoms with van der Waals surface area (Å²) in [5, 5.41) is 9.56. The van der Waals surface area contributed by atoms with Crippen molar-refractivity contribution in [3.8, 4) is 0 Å². The molecule has 8 heteroatoms. The van der Waals surface area contributed by atoms with Gasteiger partial charge in [0.1, 0.15) is 5.69 Å². The molecule has 2 aliphatic rings. The molecule has 2 N–H and O–H groups in total. The number of halogens is 3. The number of carbonyl (C=O) groups is 1. The topological polar surface area (TPSA) is 70.7 Å². The Labute approximate surface area is 195 Å². The highest BCUT2D eigenvalue weighted by Crippen LogP contribution is 2.53.